The maximum atomic E-state index is 12.8. The molecule has 0 bridgehead atoms. The summed E-state index contributed by atoms with van der Waals surface area (Å²) >= 11 is 0. The molecule has 0 saturated heterocycles. The van der Waals surface area contributed by atoms with Crippen LogP contribution in [0.15, 0.2) is 48.5 Å². The average Bonchev–Trinajstić information content (AvgIpc) is 3.11. The number of aliphatic carboxylic acids is 1. The van der Waals surface area contributed by atoms with Crippen molar-refractivity contribution in [2.75, 3.05) is 6.61 Å². The highest BCUT2D eigenvalue weighted by molar-refractivity contribution is 5.88. The Hall–Kier alpha value is -3.35. The van der Waals surface area contributed by atoms with E-state index in [1.807, 2.05) is 24.3 Å². The fraction of sp³-hybridized carbons (Fsp3) is 0.423. The molecule has 174 valence electrons. The van der Waals surface area contributed by atoms with Crippen molar-refractivity contribution in [1.29, 1.82) is 0 Å². The highest BCUT2D eigenvalue weighted by atomic mass is 16.5. The normalized spacial score (nSPS) is 19.8. The van der Waals surface area contributed by atoms with E-state index in [2.05, 4.69) is 34.9 Å². The summed E-state index contributed by atoms with van der Waals surface area (Å²) < 4.78 is 5.63. The van der Waals surface area contributed by atoms with Gasteiger partial charge in [0.2, 0.25) is 5.91 Å². The van der Waals surface area contributed by atoms with Crippen LogP contribution in [-0.4, -0.2) is 41.3 Å². The lowest BCUT2D eigenvalue weighted by molar-refractivity contribution is -0.147. The van der Waals surface area contributed by atoms with Crippen LogP contribution in [0.1, 0.15) is 56.6 Å². The van der Waals surface area contributed by atoms with Crippen molar-refractivity contribution in [3.05, 3.63) is 59.7 Å². The standard InChI is InChI=1S/C26H30N2O5/c1-26(2,24(30)31)28-23(29)20-13-7-8-14-22(20)27-25(32)33-15-21-18-11-5-3-9-16(18)17-10-4-6-12-19(17)21/h3-6,9-12,20-22H,7-8,13-15H2,1-2H3,(H,27,32)(H,28,29)(H,30,31)/t20-,22+/m1/s1. The summed E-state index contributed by atoms with van der Waals surface area (Å²) in [5, 5.41) is 14.8. The van der Waals surface area contributed by atoms with Crippen molar-refractivity contribution in [1.82, 2.24) is 10.6 Å². The van der Waals surface area contributed by atoms with Crippen LogP contribution < -0.4 is 10.6 Å². The Morgan fingerprint density at radius 2 is 1.55 bits per heavy atom. The molecule has 4 rings (SSSR count). The van der Waals surface area contributed by atoms with E-state index >= 15 is 0 Å². The quantitative estimate of drug-likeness (QED) is 0.616. The first-order chi connectivity index (χ1) is 15.8. The number of hydrogen-bond donors (Lipinski definition) is 3. The Labute approximate surface area is 193 Å². The number of carbonyl (C=O) groups excluding carboxylic acids is 2. The van der Waals surface area contributed by atoms with E-state index in [4.69, 9.17) is 4.74 Å². The summed E-state index contributed by atoms with van der Waals surface area (Å²) in [6.07, 6.45) is 2.43. The molecule has 1 fully saturated rings. The zero-order chi connectivity index (χ0) is 23.6. The lowest BCUT2D eigenvalue weighted by atomic mass is 9.83. The number of nitrogens with one attached hydrogen (secondary N) is 2. The second kappa shape index (κ2) is 9.25. The third-order valence-electron chi connectivity index (χ3n) is 6.72. The predicted molar refractivity (Wildman–Crippen MR) is 124 cm³/mol. The van der Waals surface area contributed by atoms with E-state index in [-0.39, 0.29) is 24.5 Å². The van der Waals surface area contributed by atoms with Crippen molar-refractivity contribution < 1.29 is 24.2 Å². The summed E-state index contributed by atoms with van der Waals surface area (Å²) in [7, 11) is 0. The van der Waals surface area contributed by atoms with Crippen LogP contribution in [0.25, 0.3) is 11.1 Å². The zero-order valence-electron chi connectivity index (χ0n) is 19.0. The van der Waals surface area contributed by atoms with Crippen molar-refractivity contribution in [2.24, 2.45) is 5.92 Å². The second-order valence-corrected chi connectivity index (χ2v) is 9.39. The fourth-order valence-corrected chi connectivity index (χ4v) is 4.86. The summed E-state index contributed by atoms with van der Waals surface area (Å²) in [5.74, 6) is -1.98. The first-order valence-corrected chi connectivity index (χ1v) is 11.4. The van der Waals surface area contributed by atoms with Crippen molar-refractivity contribution in [3.63, 3.8) is 0 Å². The largest absolute Gasteiger partial charge is 0.480 e. The average molecular weight is 451 g/mol. The zero-order valence-corrected chi connectivity index (χ0v) is 19.0. The number of fused-ring (bicyclic) bond motifs is 3. The molecule has 0 heterocycles. The third kappa shape index (κ3) is 4.72. The van der Waals surface area contributed by atoms with Gasteiger partial charge in [-0.2, -0.15) is 0 Å². The number of carbonyl (C=O) groups is 3. The molecular weight excluding hydrogens is 420 g/mol. The van der Waals surface area contributed by atoms with Crippen molar-refractivity contribution >= 4 is 18.0 Å². The minimum Gasteiger partial charge on any atom is -0.480 e. The molecule has 33 heavy (non-hydrogen) atoms. The molecule has 3 N–H and O–H groups in total. The number of carboxylic acid groups (broad SMARTS) is 1. The van der Waals surface area contributed by atoms with Gasteiger partial charge in [-0.25, -0.2) is 9.59 Å². The molecule has 1 saturated carbocycles. The molecule has 2 aliphatic carbocycles. The van der Waals surface area contributed by atoms with Crippen molar-refractivity contribution in [3.8, 4) is 11.1 Å². The molecule has 0 spiro atoms. The van der Waals surface area contributed by atoms with Gasteiger partial charge >= 0.3 is 12.1 Å². The van der Waals surface area contributed by atoms with Crippen LogP contribution in [0.3, 0.4) is 0 Å². The molecule has 7 nitrogen and oxygen atoms in total. The van der Waals surface area contributed by atoms with Gasteiger partial charge in [-0.05, 0) is 48.9 Å². The maximum Gasteiger partial charge on any atom is 0.407 e. The molecule has 2 aromatic rings. The molecule has 0 unspecified atom stereocenters. The molecule has 2 aliphatic rings. The van der Waals surface area contributed by atoms with Gasteiger partial charge in [0, 0.05) is 12.0 Å². The predicted octanol–water partition coefficient (Wildman–Crippen LogP) is 4.06. The molecule has 0 radical (unpaired) electrons. The van der Waals surface area contributed by atoms with Gasteiger partial charge in [0.25, 0.3) is 0 Å². The van der Waals surface area contributed by atoms with Gasteiger partial charge in [-0.15, -0.1) is 0 Å². The van der Waals surface area contributed by atoms with Gasteiger partial charge in [-0.1, -0.05) is 61.4 Å². The van der Waals surface area contributed by atoms with Crippen LogP contribution in [-0.2, 0) is 14.3 Å². The molecule has 2 amide bonds. The number of amides is 2. The van der Waals surface area contributed by atoms with E-state index in [1.54, 1.807) is 0 Å². The molecule has 0 aromatic heterocycles. The molecule has 2 atom stereocenters. The molecule has 7 heteroatoms. The van der Waals surface area contributed by atoms with E-state index in [1.165, 1.54) is 13.8 Å². The summed E-state index contributed by atoms with van der Waals surface area (Å²) in [6, 6.07) is 15.9. The van der Waals surface area contributed by atoms with Gasteiger partial charge in [-0.3, -0.25) is 4.79 Å². The van der Waals surface area contributed by atoms with E-state index < -0.39 is 23.5 Å². The summed E-state index contributed by atoms with van der Waals surface area (Å²) in [6.45, 7) is 3.10. The van der Waals surface area contributed by atoms with E-state index in [0.717, 1.165) is 35.1 Å². The number of hydrogen-bond acceptors (Lipinski definition) is 4. The summed E-state index contributed by atoms with van der Waals surface area (Å²) in [4.78, 5) is 36.9. The SMILES string of the molecule is CC(C)(NC(=O)[C@@H]1CCCC[C@@H]1NC(=O)OCC1c2ccccc2-c2ccccc21)C(=O)O. The topological polar surface area (TPSA) is 105 Å². The Morgan fingerprint density at radius 1 is 0.970 bits per heavy atom. The Balaban J connectivity index is 1.40. The lowest BCUT2D eigenvalue weighted by Gasteiger charge is -2.33. The Bertz CT molecular complexity index is 1020. The molecule has 0 aliphatic heterocycles. The fourth-order valence-electron chi connectivity index (χ4n) is 4.86. The third-order valence-corrected chi connectivity index (χ3v) is 6.72. The maximum absolute atomic E-state index is 12.8. The molecular formula is C26H30N2O5. The second-order valence-electron chi connectivity index (χ2n) is 9.39. The summed E-state index contributed by atoms with van der Waals surface area (Å²) in [5.41, 5.74) is 3.22. The first-order valence-electron chi connectivity index (χ1n) is 11.4. The van der Waals surface area contributed by atoms with E-state index in [9.17, 15) is 19.5 Å². The smallest absolute Gasteiger partial charge is 0.407 e. The Morgan fingerprint density at radius 3 is 2.15 bits per heavy atom. The Kier molecular flexibility index (Phi) is 6.40. The number of rotatable bonds is 6. The highest BCUT2D eigenvalue weighted by Crippen LogP contribution is 2.44. The van der Waals surface area contributed by atoms with Crippen LogP contribution in [0.5, 0.6) is 0 Å². The number of carboxylic acids is 1. The highest BCUT2D eigenvalue weighted by Gasteiger charge is 2.37. The minimum absolute atomic E-state index is 0.0371. The number of ether oxygens (including phenoxy) is 1. The van der Waals surface area contributed by atoms with Gasteiger partial charge in [0.05, 0.1) is 5.92 Å². The van der Waals surface area contributed by atoms with Crippen LogP contribution in [0, 0.1) is 5.92 Å². The number of benzene rings is 2. The van der Waals surface area contributed by atoms with Crippen LogP contribution >= 0.6 is 0 Å². The number of alkyl carbamates (subject to hydrolysis) is 1. The minimum atomic E-state index is -1.37. The van der Waals surface area contributed by atoms with Gasteiger partial charge < -0.3 is 20.5 Å². The van der Waals surface area contributed by atoms with Crippen LogP contribution in [0.2, 0.25) is 0 Å². The van der Waals surface area contributed by atoms with Crippen molar-refractivity contribution in [2.45, 2.75) is 57.0 Å². The van der Waals surface area contributed by atoms with E-state index in [0.29, 0.717) is 12.8 Å². The monoisotopic (exact) mass is 450 g/mol. The molecule has 2 aromatic carbocycles. The van der Waals surface area contributed by atoms with Gasteiger partial charge in [0.15, 0.2) is 0 Å². The van der Waals surface area contributed by atoms with Gasteiger partial charge in [0.1, 0.15) is 12.1 Å². The lowest BCUT2D eigenvalue weighted by Crippen LogP contribution is -2.55. The first kappa shape index (κ1) is 22.8. The van der Waals surface area contributed by atoms with Crippen LogP contribution in [0.4, 0.5) is 4.79 Å².